The average Bonchev–Trinajstić information content (AvgIpc) is 3.32. The fourth-order valence-corrected chi connectivity index (χ4v) is 5.33. The van der Waals surface area contributed by atoms with Crippen molar-refractivity contribution in [2.24, 2.45) is 0 Å². The van der Waals surface area contributed by atoms with E-state index in [4.69, 9.17) is 5.11 Å². The zero-order valence-electron chi connectivity index (χ0n) is 24.2. The summed E-state index contributed by atoms with van der Waals surface area (Å²) in [5.41, 5.74) is -1.31. The van der Waals surface area contributed by atoms with Gasteiger partial charge in [-0.25, -0.2) is 19.3 Å². The van der Waals surface area contributed by atoms with Gasteiger partial charge in [0.25, 0.3) is 5.91 Å². The smallest absolute Gasteiger partial charge is 0.416 e. The maximum Gasteiger partial charge on any atom is 0.416 e. The molecule has 0 saturated carbocycles. The van der Waals surface area contributed by atoms with Crippen molar-refractivity contribution in [3.63, 3.8) is 0 Å². The highest BCUT2D eigenvalue weighted by Crippen LogP contribution is 2.37. The number of rotatable bonds is 9. The van der Waals surface area contributed by atoms with E-state index in [0.717, 1.165) is 23.5 Å². The number of piperazine rings is 1. The average molecular weight is 624 g/mol. The van der Waals surface area contributed by atoms with Crippen LogP contribution in [0.4, 0.5) is 28.5 Å². The van der Waals surface area contributed by atoms with Crippen molar-refractivity contribution in [3.8, 4) is 11.3 Å². The van der Waals surface area contributed by atoms with Gasteiger partial charge in [-0.15, -0.1) is 0 Å². The first-order valence-corrected chi connectivity index (χ1v) is 14.3. The number of aliphatic carboxylic acids is 1. The molecule has 1 saturated heterocycles. The summed E-state index contributed by atoms with van der Waals surface area (Å²) in [4.78, 5) is 43.4. The molecule has 1 fully saturated rings. The Kier molecular flexibility index (Phi) is 9.66. The SMILES string of the molecule is CN(Cc1sc(NC(=O)c2cnc(N3CCN(CCC(=O)O)CC3)cn2)nc1-c1cc(F)cc(C(F)(F)F)c1)C(C)(C)C. The number of carbonyl (C=O) groups excluding carboxylic acids is 1. The predicted molar refractivity (Wildman–Crippen MR) is 155 cm³/mol. The minimum atomic E-state index is -4.74. The van der Waals surface area contributed by atoms with E-state index in [-0.39, 0.29) is 34.0 Å². The molecule has 1 aliphatic heterocycles. The van der Waals surface area contributed by atoms with Crippen LogP contribution in [0.3, 0.4) is 0 Å². The van der Waals surface area contributed by atoms with E-state index in [0.29, 0.717) is 56.0 Å². The number of aromatic nitrogens is 3. The van der Waals surface area contributed by atoms with Crippen LogP contribution in [0, 0.1) is 5.82 Å². The Labute approximate surface area is 250 Å². The van der Waals surface area contributed by atoms with Crippen molar-refractivity contribution < 1.29 is 32.3 Å². The van der Waals surface area contributed by atoms with Gasteiger partial charge in [-0.05, 0) is 46.0 Å². The molecule has 0 aliphatic carbocycles. The van der Waals surface area contributed by atoms with Crippen molar-refractivity contribution in [1.29, 1.82) is 0 Å². The number of carboxylic acid groups (broad SMARTS) is 1. The van der Waals surface area contributed by atoms with Gasteiger partial charge in [0.1, 0.15) is 17.3 Å². The van der Waals surface area contributed by atoms with Crippen LogP contribution in [-0.2, 0) is 17.5 Å². The monoisotopic (exact) mass is 623 g/mol. The molecular formula is C28H33F4N7O3S. The minimum Gasteiger partial charge on any atom is -0.481 e. The fraction of sp³-hybridized carbons (Fsp3) is 0.464. The van der Waals surface area contributed by atoms with Crippen molar-refractivity contribution in [2.75, 3.05) is 50.0 Å². The second-order valence-electron chi connectivity index (χ2n) is 11.2. The zero-order chi connectivity index (χ0) is 31.5. The highest BCUT2D eigenvalue weighted by atomic mass is 32.1. The van der Waals surface area contributed by atoms with E-state index in [1.807, 2.05) is 37.6 Å². The topological polar surface area (TPSA) is 115 Å². The van der Waals surface area contributed by atoms with Crippen LogP contribution in [0.15, 0.2) is 30.6 Å². The number of amides is 1. The molecule has 232 valence electrons. The number of halogens is 4. The van der Waals surface area contributed by atoms with Gasteiger partial charge in [0.05, 0.1) is 30.1 Å². The van der Waals surface area contributed by atoms with Crippen LogP contribution in [-0.4, -0.2) is 87.0 Å². The van der Waals surface area contributed by atoms with Gasteiger partial charge in [-0.3, -0.25) is 24.7 Å². The van der Waals surface area contributed by atoms with Gasteiger partial charge < -0.3 is 10.0 Å². The number of alkyl halides is 3. The number of nitrogens with zero attached hydrogens (tertiary/aromatic N) is 6. The molecule has 15 heteroatoms. The number of hydrogen-bond acceptors (Lipinski definition) is 9. The molecule has 0 unspecified atom stereocenters. The Morgan fingerprint density at radius 2 is 1.77 bits per heavy atom. The second kappa shape index (κ2) is 12.9. The predicted octanol–water partition coefficient (Wildman–Crippen LogP) is 4.84. The van der Waals surface area contributed by atoms with Crippen LogP contribution in [0.1, 0.15) is 48.1 Å². The van der Waals surface area contributed by atoms with Crippen LogP contribution in [0.25, 0.3) is 11.3 Å². The van der Waals surface area contributed by atoms with Crippen LogP contribution in [0.5, 0.6) is 0 Å². The summed E-state index contributed by atoms with van der Waals surface area (Å²) in [5.74, 6) is -1.92. The molecule has 2 aromatic heterocycles. The molecule has 0 atom stereocenters. The number of benzene rings is 1. The molecule has 0 radical (unpaired) electrons. The first-order valence-electron chi connectivity index (χ1n) is 13.5. The van der Waals surface area contributed by atoms with Crippen LogP contribution < -0.4 is 10.2 Å². The van der Waals surface area contributed by atoms with Crippen molar-refractivity contribution in [3.05, 3.63) is 52.5 Å². The third kappa shape index (κ3) is 8.45. The van der Waals surface area contributed by atoms with Gasteiger partial charge in [0.15, 0.2) is 5.13 Å². The molecule has 0 bridgehead atoms. The largest absolute Gasteiger partial charge is 0.481 e. The molecule has 10 nitrogen and oxygen atoms in total. The Morgan fingerprint density at radius 1 is 1.07 bits per heavy atom. The summed E-state index contributed by atoms with van der Waals surface area (Å²) < 4.78 is 54.6. The number of thiazole rings is 1. The zero-order valence-corrected chi connectivity index (χ0v) is 25.0. The maximum absolute atomic E-state index is 14.3. The van der Waals surface area contributed by atoms with Crippen LogP contribution in [0.2, 0.25) is 0 Å². The first-order chi connectivity index (χ1) is 20.1. The van der Waals surface area contributed by atoms with Crippen molar-refractivity contribution in [1.82, 2.24) is 24.8 Å². The Bertz CT molecular complexity index is 1450. The fourth-order valence-electron chi connectivity index (χ4n) is 4.30. The maximum atomic E-state index is 14.3. The Balaban J connectivity index is 1.51. The Morgan fingerprint density at radius 3 is 2.35 bits per heavy atom. The first kappa shape index (κ1) is 32.2. The number of nitrogens with one attached hydrogen (secondary N) is 1. The highest BCUT2D eigenvalue weighted by Gasteiger charge is 2.32. The van der Waals surface area contributed by atoms with Gasteiger partial charge in [-0.1, -0.05) is 11.3 Å². The summed E-state index contributed by atoms with van der Waals surface area (Å²) in [7, 11) is 1.85. The van der Waals surface area contributed by atoms with E-state index in [9.17, 15) is 27.2 Å². The lowest BCUT2D eigenvalue weighted by Crippen LogP contribution is -2.47. The van der Waals surface area contributed by atoms with E-state index < -0.39 is 29.4 Å². The quantitative estimate of drug-likeness (QED) is 0.323. The lowest BCUT2D eigenvalue weighted by molar-refractivity contribution is -0.138. The molecule has 1 aromatic carbocycles. The van der Waals surface area contributed by atoms with E-state index >= 15 is 0 Å². The minimum absolute atomic E-state index is 0.0130. The summed E-state index contributed by atoms with van der Waals surface area (Å²) in [6.07, 6.45) is -1.86. The molecular weight excluding hydrogens is 590 g/mol. The number of hydrogen-bond donors (Lipinski definition) is 2. The summed E-state index contributed by atoms with van der Waals surface area (Å²) in [6, 6.07) is 2.27. The van der Waals surface area contributed by atoms with Crippen molar-refractivity contribution in [2.45, 2.75) is 45.5 Å². The molecule has 0 spiro atoms. The summed E-state index contributed by atoms with van der Waals surface area (Å²) in [5, 5.41) is 11.6. The van der Waals surface area contributed by atoms with E-state index in [2.05, 4.69) is 25.2 Å². The molecule has 3 heterocycles. The lowest BCUT2D eigenvalue weighted by atomic mass is 10.0. The molecule has 3 aromatic rings. The number of carbonyl (C=O) groups is 2. The van der Waals surface area contributed by atoms with Gasteiger partial charge in [0, 0.05) is 55.2 Å². The normalized spacial score (nSPS) is 14.8. The molecule has 1 aliphatic rings. The molecule has 2 N–H and O–H groups in total. The summed E-state index contributed by atoms with van der Waals surface area (Å²) in [6.45, 7) is 9.29. The number of anilines is 2. The third-order valence-electron chi connectivity index (χ3n) is 7.15. The van der Waals surface area contributed by atoms with Crippen molar-refractivity contribution >= 4 is 34.2 Å². The highest BCUT2D eigenvalue weighted by molar-refractivity contribution is 7.16. The van der Waals surface area contributed by atoms with Gasteiger partial charge >= 0.3 is 12.1 Å². The standard InChI is InChI=1S/C28H33F4N7O3S/c1-27(2,3)37(4)16-21-24(17-11-18(28(30,31)32)13-19(29)12-17)35-26(43-21)36-25(42)20-14-34-22(15-33-20)39-9-7-38(8-10-39)6-5-23(40)41/h11-15H,5-10,16H2,1-4H3,(H,40,41)(H,35,36,42). The van der Waals surface area contributed by atoms with Gasteiger partial charge in [0.2, 0.25) is 0 Å². The summed E-state index contributed by atoms with van der Waals surface area (Å²) >= 11 is 1.09. The molecule has 4 rings (SSSR count). The molecule has 1 amide bonds. The van der Waals surface area contributed by atoms with Gasteiger partial charge in [-0.2, -0.15) is 13.2 Å². The van der Waals surface area contributed by atoms with E-state index in [1.165, 1.54) is 12.4 Å². The van der Waals surface area contributed by atoms with E-state index in [1.54, 1.807) is 0 Å². The second-order valence-corrected chi connectivity index (χ2v) is 12.3. The number of carboxylic acids is 1. The van der Waals surface area contributed by atoms with Crippen LogP contribution >= 0.6 is 11.3 Å². The Hall–Kier alpha value is -3.69. The lowest BCUT2D eigenvalue weighted by Gasteiger charge is -2.34. The third-order valence-corrected chi connectivity index (χ3v) is 8.11. The molecule has 43 heavy (non-hydrogen) atoms.